The van der Waals surface area contributed by atoms with E-state index in [4.69, 9.17) is 21.1 Å². The average Bonchev–Trinajstić information content (AvgIpc) is 2.38. The molecular formula is C13H21ClN2O2. The first-order valence-corrected chi connectivity index (χ1v) is 6.45. The lowest BCUT2D eigenvalue weighted by atomic mass is 10.2. The Morgan fingerprint density at radius 2 is 2.00 bits per heavy atom. The van der Waals surface area contributed by atoms with Crippen molar-refractivity contribution in [2.24, 2.45) is 0 Å². The molecule has 0 aliphatic rings. The van der Waals surface area contributed by atoms with Crippen molar-refractivity contribution in [3.05, 3.63) is 29.0 Å². The normalized spacial score (nSPS) is 11.1. The fourth-order valence-electron chi connectivity index (χ4n) is 1.70. The number of rotatable bonds is 9. The van der Waals surface area contributed by atoms with E-state index < -0.39 is 0 Å². The van der Waals surface area contributed by atoms with Crippen LogP contribution in [-0.2, 0) is 16.0 Å². The minimum Gasteiger partial charge on any atom is -0.385 e. The largest absolute Gasteiger partial charge is 0.385 e. The lowest BCUT2D eigenvalue weighted by Crippen LogP contribution is -2.29. The molecule has 0 atom stereocenters. The van der Waals surface area contributed by atoms with E-state index in [1.807, 2.05) is 12.1 Å². The van der Waals surface area contributed by atoms with E-state index in [1.54, 1.807) is 20.4 Å². The van der Waals surface area contributed by atoms with Crippen molar-refractivity contribution in [1.82, 2.24) is 9.88 Å². The predicted octanol–water partition coefficient (Wildman–Crippen LogP) is 2.22. The van der Waals surface area contributed by atoms with Crippen molar-refractivity contribution in [1.29, 1.82) is 0 Å². The summed E-state index contributed by atoms with van der Waals surface area (Å²) in [4.78, 5) is 6.39. The summed E-state index contributed by atoms with van der Waals surface area (Å²) in [5.41, 5.74) is 1.05. The molecule has 4 nitrogen and oxygen atoms in total. The molecule has 1 heterocycles. The molecule has 0 aliphatic heterocycles. The van der Waals surface area contributed by atoms with Gasteiger partial charge in [0.25, 0.3) is 0 Å². The first-order chi connectivity index (χ1) is 8.77. The second-order valence-corrected chi connectivity index (χ2v) is 4.43. The van der Waals surface area contributed by atoms with Crippen molar-refractivity contribution in [3.8, 4) is 0 Å². The van der Waals surface area contributed by atoms with Gasteiger partial charge in [-0.1, -0.05) is 17.7 Å². The van der Waals surface area contributed by atoms with Gasteiger partial charge < -0.3 is 9.47 Å². The third-order valence-corrected chi connectivity index (χ3v) is 3.01. The molecule has 0 amide bonds. The highest BCUT2D eigenvalue weighted by atomic mass is 35.5. The third-order valence-electron chi connectivity index (χ3n) is 2.66. The Balaban J connectivity index is 2.51. The average molecular weight is 273 g/mol. The summed E-state index contributed by atoms with van der Waals surface area (Å²) in [7, 11) is 3.43. The molecule has 0 spiro atoms. The molecular weight excluding hydrogens is 252 g/mol. The summed E-state index contributed by atoms with van der Waals surface area (Å²) < 4.78 is 10.2. The molecule has 5 heteroatoms. The molecule has 18 heavy (non-hydrogen) atoms. The number of pyridine rings is 1. The van der Waals surface area contributed by atoms with Crippen molar-refractivity contribution >= 4 is 11.6 Å². The van der Waals surface area contributed by atoms with Gasteiger partial charge in [0.05, 0.1) is 6.61 Å². The highest BCUT2D eigenvalue weighted by molar-refractivity contribution is 6.30. The lowest BCUT2D eigenvalue weighted by molar-refractivity contribution is 0.129. The second-order valence-electron chi connectivity index (χ2n) is 4.07. The monoisotopic (exact) mass is 272 g/mol. The second kappa shape index (κ2) is 9.28. The Morgan fingerprint density at radius 1 is 1.22 bits per heavy atom. The van der Waals surface area contributed by atoms with E-state index in [0.717, 1.165) is 38.2 Å². The van der Waals surface area contributed by atoms with Crippen LogP contribution in [0.4, 0.5) is 0 Å². The Hall–Kier alpha value is -0.680. The third kappa shape index (κ3) is 5.78. The van der Waals surface area contributed by atoms with Gasteiger partial charge in [-0.2, -0.15) is 0 Å². The van der Waals surface area contributed by atoms with Gasteiger partial charge >= 0.3 is 0 Å². The molecule has 0 bridgehead atoms. The molecule has 1 aromatic rings. The molecule has 102 valence electrons. The van der Waals surface area contributed by atoms with Crippen LogP contribution in [0, 0.1) is 0 Å². The van der Waals surface area contributed by atoms with Gasteiger partial charge in [0, 0.05) is 52.2 Å². The van der Waals surface area contributed by atoms with Gasteiger partial charge in [0.1, 0.15) is 5.15 Å². The summed E-state index contributed by atoms with van der Waals surface area (Å²) >= 11 is 6.07. The van der Waals surface area contributed by atoms with Crippen LogP contribution >= 0.6 is 11.6 Å². The Labute approximate surface area is 114 Å². The van der Waals surface area contributed by atoms with Crippen LogP contribution in [0.1, 0.15) is 12.0 Å². The van der Waals surface area contributed by atoms with Crippen LogP contribution in [0.5, 0.6) is 0 Å². The number of hydrogen-bond donors (Lipinski definition) is 0. The highest BCUT2D eigenvalue weighted by Crippen LogP contribution is 2.14. The van der Waals surface area contributed by atoms with Gasteiger partial charge in [-0.25, -0.2) is 4.98 Å². The van der Waals surface area contributed by atoms with Crippen LogP contribution in [0.3, 0.4) is 0 Å². The molecule has 0 N–H and O–H groups in total. The van der Waals surface area contributed by atoms with Crippen molar-refractivity contribution in [2.45, 2.75) is 13.0 Å². The van der Waals surface area contributed by atoms with Crippen molar-refractivity contribution < 1.29 is 9.47 Å². The topological polar surface area (TPSA) is 34.6 Å². The summed E-state index contributed by atoms with van der Waals surface area (Å²) in [5, 5.41) is 0.576. The zero-order valence-electron chi connectivity index (χ0n) is 11.1. The zero-order chi connectivity index (χ0) is 13.2. The zero-order valence-corrected chi connectivity index (χ0v) is 11.8. The number of halogens is 1. The van der Waals surface area contributed by atoms with E-state index in [2.05, 4.69) is 9.88 Å². The Bertz CT molecular complexity index is 337. The fourth-order valence-corrected chi connectivity index (χ4v) is 1.88. The summed E-state index contributed by atoms with van der Waals surface area (Å²) in [6.45, 7) is 4.11. The first kappa shape index (κ1) is 15.4. The molecule has 0 aliphatic carbocycles. The van der Waals surface area contributed by atoms with E-state index >= 15 is 0 Å². The number of hydrogen-bond acceptors (Lipinski definition) is 4. The Kier molecular flexibility index (Phi) is 7.93. The first-order valence-electron chi connectivity index (χ1n) is 6.07. The minimum absolute atomic E-state index is 0.576. The quantitative estimate of drug-likeness (QED) is 0.510. The lowest BCUT2D eigenvalue weighted by Gasteiger charge is -2.22. The van der Waals surface area contributed by atoms with Crippen molar-refractivity contribution in [2.75, 3.05) is 40.5 Å². The van der Waals surface area contributed by atoms with Gasteiger partial charge in [0.2, 0.25) is 0 Å². The smallest absolute Gasteiger partial charge is 0.133 e. The van der Waals surface area contributed by atoms with Crippen LogP contribution in [0.25, 0.3) is 0 Å². The van der Waals surface area contributed by atoms with Gasteiger partial charge in [-0.05, 0) is 12.5 Å². The van der Waals surface area contributed by atoms with Gasteiger partial charge in [-0.3, -0.25) is 4.90 Å². The van der Waals surface area contributed by atoms with Crippen LogP contribution in [0.15, 0.2) is 18.3 Å². The number of aromatic nitrogens is 1. The van der Waals surface area contributed by atoms with Crippen LogP contribution in [-0.4, -0.2) is 50.4 Å². The maximum Gasteiger partial charge on any atom is 0.133 e. The summed E-state index contributed by atoms with van der Waals surface area (Å²) in [6, 6.07) is 3.91. The van der Waals surface area contributed by atoms with E-state index in [1.165, 1.54) is 0 Å². The van der Waals surface area contributed by atoms with Gasteiger partial charge in [0.15, 0.2) is 0 Å². The van der Waals surface area contributed by atoms with Crippen LogP contribution in [0.2, 0.25) is 5.15 Å². The number of nitrogens with zero attached hydrogens (tertiary/aromatic N) is 2. The minimum atomic E-state index is 0.576. The fraction of sp³-hybridized carbons (Fsp3) is 0.615. The molecule has 0 saturated heterocycles. The van der Waals surface area contributed by atoms with E-state index in [0.29, 0.717) is 11.8 Å². The van der Waals surface area contributed by atoms with Crippen LogP contribution < -0.4 is 0 Å². The van der Waals surface area contributed by atoms with Gasteiger partial charge in [-0.15, -0.1) is 0 Å². The molecule has 0 radical (unpaired) electrons. The maximum atomic E-state index is 6.07. The van der Waals surface area contributed by atoms with Crippen molar-refractivity contribution in [3.63, 3.8) is 0 Å². The Morgan fingerprint density at radius 3 is 2.67 bits per heavy atom. The van der Waals surface area contributed by atoms with E-state index in [9.17, 15) is 0 Å². The molecule has 1 rings (SSSR count). The molecule has 0 aromatic carbocycles. The predicted molar refractivity (Wildman–Crippen MR) is 72.9 cm³/mol. The molecule has 0 unspecified atom stereocenters. The SMILES string of the molecule is COCCCN(CCOC)Cc1cccnc1Cl. The molecule has 1 aromatic heterocycles. The maximum absolute atomic E-state index is 6.07. The van der Waals surface area contributed by atoms with E-state index in [-0.39, 0.29) is 0 Å². The molecule has 0 saturated carbocycles. The summed E-state index contributed by atoms with van der Waals surface area (Å²) in [6.07, 6.45) is 2.70. The molecule has 0 fully saturated rings. The summed E-state index contributed by atoms with van der Waals surface area (Å²) in [5.74, 6) is 0. The number of methoxy groups -OCH3 is 2. The number of ether oxygens (including phenoxy) is 2. The highest BCUT2D eigenvalue weighted by Gasteiger charge is 2.08. The standard InChI is InChI=1S/C13H21ClN2O2/c1-17-9-4-7-16(8-10-18-2)11-12-5-3-6-15-13(12)14/h3,5-6H,4,7-11H2,1-2H3.